The Morgan fingerprint density at radius 2 is 2.11 bits per heavy atom. The van der Waals surface area contributed by atoms with Gasteiger partial charge < -0.3 is 4.57 Å². The van der Waals surface area contributed by atoms with Crippen LogP contribution in [0.4, 0.5) is 0 Å². The van der Waals surface area contributed by atoms with Gasteiger partial charge in [0.25, 0.3) is 0 Å². The third-order valence-corrected chi connectivity index (χ3v) is 3.89. The second-order valence-electron chi connectivity index (χ2n) is 5.80. The third-order valence-electron chi connectivity index (χ3n) is 3.89. The fourth-order valence-electron chi connectivity index (χ4n) is 2.57. The van der Waals surface area contributed by atoms with Crippen LogP contribution in [-0.2, 0) is 18.3 Å². The number of hydrogen-bond acceptors (Lipinski definition) is 4. The van der Waals surface area contributed by atoms with E-state index < -0.39 is 53.7 Å². The third kappa shape index (κ3) is 3.82. The van der Waals surface area contributed by atoms with Crippen LogP contribution in [0, 0.1) is 0 Å². The maximum absolute atomic E-state index is 12.7. The second-order valence-corrected chi connectivity index (χ2v) is 5.80. The molecule has 0 aliphatic carbocycles. The number of aryl methyl sites for hydroxylation is 1. The van der Waals surface area contributed by atoms with E-state index in [-0.39, 0.29) is 12.2 Å². The summed E-state index contributed by atoms with van der Waals surface area (Å²) >= 11 is 0. The number of hydrogen-bond donors (Lipinski definition) is 0. The molecule has 0 saturated heterocycles. The Morgan fingerprint density at radius 1 is 1.26 bits per heavy atom. The van der Waals surface area contributed by atoms with Gasteiger partial charge in [0.1, 0.15) is 5.82 Å². The summed E-state index contributed by atoms with van der Waals surface area (Å²) in [6.07, 6.45) is 4.58. The predicted molar refractivity (Wildman–Crippen MR) is 106 cm³/mol. The summed E-state index contributed by atoms with van der Waals surface area (Å²) in [7, 11) is 1.87. The minimum Gasteiger partial charge on any atom is -0.334 e. The first-order valence-electron chi connectivity index (χ1n) is 11.6. The Hall–Kier alpha value is -3.60. The molecular formula is C22H18N4O. The van der Waals surface area contributed by atoms with Crippen molar-refractivity contribution in [2.45, 2.75) is 6.42 Å². The number of carbonyl (C=O) groups excluding carboxylic acids is 1. The Labute approximate surface area is 166 Å². The molecule has 0 bridgehead atoms. The zero-order valence-corrected chi connectivity index (χ0v) is 14.4. The molecule has 0 saturated carbocycles. The largest absolute Gasteiger partial charge is 0.334 e. The van der Waals surface area contributed by atoms with Crippen molar-refractivity contribution in [2.75, 3.05) is 0 Å². The van der Waals surface area contributed by atoms with Crippen molar-refractivity contribution in [3.8, 4) is 11.3 Å². The quantitative estimate of drug-likeness (QED) is 0.507. The van der Waals surface area contributed by atoms with Crippen LogP contribution < -0.4 is 0 Å². The molecule has 27 heavy (non-hydrogen) atoms. The Kier molecular flexibility index (Phi) is 2.86. The standard InChI is InChI=1S/C22H18N4O/c1-26-15-23-14-21(26)17-8-9-18-13-24-22(25-20(18)11-17)12-19(27)10-7-16-5-3-2-4-6-16/h2-11,13-15H,12H2,1H3/b10-7+/i2D,3D,4D,5D,6D,7D,10D. The normalized spacial score (nSPS) is 15.7. The highest BCUT2D eigenvalue weighted by atomic mass is 16.1. The monoisotopic (exact) mass is 361 g/mol. The number of imidazole rings is 1. The van der Waals surface area contributed by atoms with Crippen LogP contribution in [-0.4, -0.2) is 25.3 Å². The van der Waals surface area contributed by atoms with E-state index in [0.29, 0.717) is 5.52 Å². The lowest BCUT2D eigenvalue weighted by atomic mass is 10.1. The summed E-state index contributed by atoms with van der Waals surface area (Å²) < 4.78 is 57.2. The number of benzene rings is 2. The molecule has 0 spiro atoms. The molecule has 132 valence electrons. The van der Waals surface area contributed by atoms with Gasteiger partial charge >= 0.3 is 0 Å². The highest BCUT2D eigenvalue weighted by molar-refractivity contribution is 5.95. The van der Waals surface area contributed by atoms with Gasteiger partial charge in [0.05, 0.1) is 39.8 Å². The van der Waals surface area contributed by atoms with Crippen LogP contribution in [0.25, 0.3) is 28.2 Å². The van der Waals surface area contributed by atoms with E-state index in [1.807, 2.05) is 29.8 Å². The number of fused-ring (bicyclic) bond motifs is 1. The molecule has 4 rings (SSSR count). The van der Waals surface area contributed by atoms with E-state index in [2.05, 4.69) is 15.0 Å². The van der Waals surface area contributed by atoms with Crippen LogP contribution in [0.3, 0.4) is 0 Å². The van der Waals surface area contributed by atoms with Gasteiger partial charge in [-0.05, 0) is 17.7 Å². The van der Waals surface area contributed by atoms with Crippen molar-refractivity contribution in [1.82, 2.24) is 19.5 Å². The van der Waals surface area contributed by atoms with E-state index in [4.69, 9.17) is 9.60 Å². The lowest BCUT2D eigenvalue weighted by molar-refractivity contribution is -0.114. The zero-order valence-electron chi connectivity index (χ0n) is 21.4. The molecule has 0 N–H and O–H groups in total. The van der Waals surface area contributed by atoms with Gasteiger partial charge in [0.15, 0.2) is 5.78 Å². The summed E-state index contributed by atoms with van der Waals surface area (Å²) in [5.74, 6) is -0.669. The maximum atomic E-state index is 12.7. The topological polar surface area (TPSA) is 60.7 Å². The van der Waals surface area contributed by atoms with Gasteiger partial charge in [0.2, 0.25) is 0 Å². The van der Waals surface area contributed by atoms with E-state index in [1.165, 1.54) is 0 Å². The molecule has 0 aliphatic rings. The summed E-state index contributed by atoms with van der Waals surface area (Å²) in [4.78, 5) is 25.4. The molecule has 2 heterocycles. The van der Waals surface area contributed by atoms with Gasteiger partial charge in [-0.2, -0.15) is 0 Å². The van der Waals surface area contributed by atoms with Crippen molar-refractivity contribution in [3.63, 3.8) is 0 Å². The summed E-state index contributed by atoms with van der Waals surface area (Å²) in [6, 6.07) is 0.890. The average Bonchev–Trinajstić information content (AvgIpc) is 3.26. The van der Waals surface area contributed by atoms with E-state index in [1.54, 1.807) is 18.7 Å². The molecule has 5 nitrogen and oxygen atoms in total. The van der Waals surface area contributed by atoms with Crippen LogP contribution in [0.2, 0.25) is 0 Å². The number of ketones is 1. The SMILES string of the molecule is [2H]/C(C(=O)Cc1ncc2ccc(-c3cncn3C)cc2n1)=C(/[2H])c1c([2H])c([2H])c([2H])c([2H])c1[2H]. The Balaban J connectivity index is 1.68. The minimum atomic E-state index is -0.807. The highest BCUT2D eigenvalue weighted by Crippen LogP contribution is 2.22. The Morgan fingerprint density at radius 3 is 2.89 bits per heavy atom. The molecule has 2 aromatic heterocycles. The zero-order chi connectivity index (χ0) is 24.7. The van der Waals surface area contributed by atoms with Crippen molar-refractivity contribution < 1.29 is 14.4 Å². The number of rotatable bonds is 5. The molecule has 0 aliphatic heterocycles. The lowest BCUT2D eigenvalue weighted by Gasteiger charge is -2.05. The predicted octanol–water partition coefficient (Wildman–Crippen LogP) is 3.86. The van der Waals surface area contributed by atoms with E-state index in [9.17, 15) is 4.79 Å². The van der Waals surface area contributed by atoms with E-state index >= 15 is 0 Å². The molecule has 4 aromatic rings. The molecule has 0 atom stereocenters. The Bertz CT molecular complexity index is 1470. The summed E-state index contributed by atoms with van der Waals surface area (Å²) in [5, 5.41) is 0.754. The van der Waals surface area contributed by atoms with E-state index in [0.717, 1.165) is 16.6 Å². The number of nitrogens with zero attached hydrogens (tertiary/aromatic N) is 4. The van der Waals surface area contributed by atoms with Crippen LogP contribution >= 0.6 is 0 Å². The first-order valence-corrected chi connectivity index (χ1v) is 8.10. The second kappa shape index (κ2) is 7.33. The molecule has 5 heteroatoms. The smallest absolute Gasteiger partial charge is 0.163 e. The van der Waals surface area contributed by atoms with Gasteiger partial charge in [-0.1, -0.05) is 48.4 Å². The lowest BCUT2D eigenvalue weighted by Crippen LogP contribution is -2.03. The van der Waals surface area contributed by atoms with Crippen molar-refractivity contribution in [3.05, 3.63) is 84.6 Å². The average molecular weight is 361 g/mol. The molecule has 2 aromatic carbocycles. The number of carbonyl (C=O) groups is 1. The molecule has 0 radical (unpaired) electrons. The molecule has 0 fully saturated rings. The highest BCUT2D eigenvalue weighted by Gasteiger charge is 2.08. The fraction of sp³-hybridized carbons (Fsp3) is 0.0909. The van der Waals surface area contributed by atoms with Crippen molar-refractivity contribution >= 4 is 22.7 Å². The number of allylic oxidation sites excluding steroid dienone is 1. The van der Waals surface area contributed by atoms with Gasteiger partial charge in [-0.15, -0.1) is 0 Å². The molecule has 0 amide bonds. The molecule has 0 unspecified atom stereocenters. The van der Waals surface area contributed by atoms with Crippen LogP contribution in [0.5, 0.6) is 0 Å². The molecular weight excluding hydrogens is 336 g/mol. The fourth-order valence-corrected chi connectivity index (χ4v) is 2.57. The number of aromatic nitrogens is 4. The first kappa shape index (κ1) is 10.5. The van der Waals surface area contributed by atoms with Crippen molar-refractivity contribution in [2.24, 2.45) is 7.05 Å². The van der Waals surface area contributed by atoms with Crippen LogP contribution in [0.1, 0.15) is 21.0 Å². The van der Waals surface area contributed by atoms with Crippen LogP contribution in [0.15, 0.2) is 73.2 Å². The summed E-state index contributed by atoms with van der Waals surface area (Å²) in [5.41, 5.74) is 1.85. The first-order chi connectivity index (χ1) is 16.1. The van der Waals surface area contributed by atoms with Gasteiger partial charge in [-0.25, -0.2) is 15.0 Å². The van der Waals surface area contributed by atoms with Gasteiger partial charge in [0, 0.05) is 24.2 Å². The van der Waals surface area contributed by atoms with Crippen molar-refractivity contribution in [1.29, 1.82) is 0 Å². The minimum absolute atomic E-state index is 0.137. The van der Waals surface area contributed by atoms with Gasteiger partial charge in [-0.3, -0.25) is 4.79 Å². The summed E-state index contributed by atoms with van der Waals surface area (Å²) in [6.45, 7) is 0. The maximum Gasteiger partial charge on any atom is 0.163 e.